The monoisotopic (exact) mass is 455 g/mol. The average Bonchev–Trinajstić information content (AvgIpc) is 3.24. The van der Waals surface area contributed by atoms with Crippen LogP contribution in [-0.4, -0.2) is 36.1 Å². The van der Waals surface area contributed by atoms with Gasteiger partial charge in [-0.1, -0.05) is 54.6 Å². The molecule has 1 atom stereocenters. The molecular weight excluding hydrogens is 426 g/mol. The Labute approximate surface area is 199 Å². The minimum absolute atomic E-state index is 0.0711. The summed E-state index contributed by atoms with van der Waals surface area (Å²) in [5.74, 6) is -0.903. The second-order valence-corrected chi connectivity index (χ2v) is 8.63. The third-order valence-corrected chi connectivity index (χ3v) is 5.97. The van der Waals surface area contributed by atoms with Gasteiger partial charge in [0.2, 0.25) is 5.91 Å². The van der Waals surface area contributed by atoms with Crippen molar-refractivity contribution in [3.63, 3.8) is 0 Å². The molecule has 174 valence electrons. The molecule has 0 aliphatic rings. The fourth-order valence-corrected chi connectivity index (χ4v) is 4.31. The van der Waals surface area contributed by atoms with Crippen LogP contribution in [0.3, 0.4) is 0 Å². The second-order valence-electron chi connectivity index (χ2n) is 8.63. The third kappa shape index (κ3) is 5.29. The summed E-state index contributed by atoms with van der Waals surface area (Å²) in [6.07, 6.45) is 2.60. The fraction of sp³-hybridized carbons (Fsp3) is 0.214. The number of aliphatic carboxylic acids is 1. The Morgan fingerprint density at radius 3 is 2.47 bits per heavy atom. The van der Waals surface area contributed by atoms with E-state index in [-0.39, 0.29) is 24.8 Å². The van der Waals surface area contributed by atoms with Gasteiger partial charge in [0.1, 0.15) is 0 Å². The van der Waals surface area contributed by atoms with Crippen molar-refractivity contribution in [2.24, 2.45) is 0 Å². The molecule has 4 rings (SSSR count). The van der Waals surface area contributed by atoms with Crippen LogP contribution in [0.5, 0.6) is 0 Å². The lowest BCUT2D eigenvalue weighted by molar-refractivity contribution is -0.137. The van der Waals surface area contributed by atoms with Gasteiger partial charge in [0, 0.05) is 48.9 Å². The highest BCUT2D eigenvalue weighted by Gasteiger charge is 2.21. The number of carboxylic acid groups (broad SMARTS) is 1. The first kappa shape index (κ1) is 23.1. The average molecular weight is 456 g/mol. The molecule has 1 unspecified atom stereocenters. The number of aromatic amines is 1. The van der Waals surface area contributed by atoms with E-state index in [4.69, 9.17) is 5.11 Å². The summed E-state index contributed by atoms with van der Waals surface area (Å²) in [4.78, 5) is 29.4. The maximum absolute atomic E-state index is 13.2. The van der Waals surface area contributed by atoms with Crippen molar-refractivity contribution < 1.29 is 14.7 Å². The zero-order valence-electron chi connectivity index (χ0n) is 19.4. The van der Waals surface area contributed by atoms with Crippen molar-refractivity contribution in [2.45, 2.75) is 25.3 Å². The molecule has 1 heterocycles. The van der Waals surface area contributed by atoms with E-state index in [1.807, 2.05) is 87.0 Å². The minimum atomic E-state index is -0.824. The molecule has 0 saturated carbocycles. The molecule has 0 aliphatic heterocycles. The Balaban J connectivity index is 1.59. The molecule has 0 bridgehead atoms. The van der Waals surface area contributed by atoms with Crippen LogP contribution in [0.1, 0.15) is 34.7 Å². The highest BCUT2D eigenvalue weighted by Crippen LogP contribution is 2.30. The summed E-state index contributed by atoms with van der Waals surface area (Å²) in [6, 6.07) is 23.6. The number of carbonyl (C=O) groups excluding carboxylic acids is 1. The number of nitrogens with zero attached hydrogens (tertiary/aromatic N) is 1. The van der Waals surface area contributed by atoms with Crippen molar-refractivity contribution in [1.82, 2.24) is 10.3 Å². The van der Waals surface area contributed by atoms with Gasteiger partial charge in [0.05, 0.1) is 12.5 Å². The van der Waals surface area contributed by atoms with Crippen LogP contribution in [-0.2, 0) is 22.4 Å². The standard InChI is InChI=1S/C28H29N3O3/c1-31(2)25-11-7-6-10-22(25)28(20-8-4-3-5-9-20)30-26(32)17-19-12-14-24-23(16-19)21(18-29-24)13-15-27(33)34/h3-12,14,16,18,28-29H,13,15,17H2,1-2H3,(H,30,32)(H,33,34). The van der Waals surface area contributed by atoms with Crippen LogP contribution in [0.4, 0.5) is 5.69 Å². The number of carbonyl (C=O) groups is 2. The summed E-state index contributed by atoms with van der Waals surface area (Å²) in [7, 11) is 3.99. The number of nitrogens with one attached hydrogen (secondary N) is 2. The first-order valence-electron chi connectivity index (χ1n) is 11.3. The molecule has 34 heavy (non-hydrogen) atoms. The van der Waals surface area contributed by atoms with Crippen LogP contribution in [0, 0.1) is 0 Å². The molecule has 0 fully saturated rings. The predicted molar refractivity (Wildman–Crippen MR) is 135 cm³/mol. The number of amides is 1. The highest BCUT2D eigenvalue weighted by molar-refractivity contribution is 5.86. The van der Waals surface area contributed by atoms with E-state index >= 15 is 0 Å². The van der Waals surface area contributed by atoms with E-state index in [0.717, 1.165) is 38.8 Å². The second kappa shape index (κ2) is 10.3. The SMILES string of the molecule is CN(C)c1ccccc1C(NC(=O)Cc1ccc2[nH]cc(CCC(=O)O)c2c1)c1ccccc1. The molecule has 3 N–H and O–H groups in total. The molecule has 6 nitrogen and oxygen atoms in total. The first-order chi connectivity index (χ1) is 16.4. The smallest absolute Gasteiger partial charge is 0.303 e. The molecule has 4 aromatic rings. The molecule has 0 radical (unpaired) electrons. The number of benzene rings is 3. The number of fused-ring (bicyclic) bond motifs is 1. The van der Waals surface area contributed by atoms with E-state index in [9.17, 15) is 9.59 Å². The maximum Gasteiger partial charge on any atom is 0.303 e. The zero-order chi connectivity index (χ0) is 24.1. The summed E-state index contributed by atoms with van der Waals surface area (Å²) < 4.78 is 0. The number of para-hydroxylation sites is 1. The van der Waals surface area contributed by atoms with Gasteiger partial charge >= 0.3 is 5.97 Å². The van der Waals surface area contributed by atoms with Crippen molar-refractivity contribution in [2.75, 3.05) is 19.0 Å². The van der Waals surface area contributed by atoms with Gasteiger partial charge in [-0.05, 0) is 41.3 Å². The van der Waals surface area contributed by atoms with Crippen LogP contribution >= 0.6 is 0 Å². The molecule has 3 aromatic carbocycles. The van der Waals surface area contributed by atoms with Gasteiger partial charge in [-0.3, -0.25) is 9.59 Å². The number of aromatic nitrogens is 1. The Morgan fingerprint density at radius 2 is 1.74 bits per heavy atom. The van der Waals surface area contributed by atoms with Crippen LogP contribution in [0.25, 0.3) is 10.9 Å². The van der Waals surface area contributed by atoms with Gasteiger partial charge in [-0.2, -0.15) is 0 Å². The van der Waals surface area contributed by atoms with E-state index < -0.39 is 5.97 Å². The number of hydrogen-bond acceptors (Lipinski definition) is 3. The summed E-state index contributed by atoms with van der Waals surface area (Å²) >= 11 is 0. The summed E-state index contributed by atoms with van der Waals surface area (Å²) in [5.41, 5.74) is 5.86. The number of carboxylic acids is 1. The van der Waals surface area contributed by atoms with Crippen molar-refractivity contribution >= 4 is 28.5 Å². The lowest BCUT2D eigenvalue weighted by Crippen LogP contribution is -2.31. The van der Waals surface area contributed by atoms with Gasteiger partial charge in [-0.15, -0.1) is 0 Å². The molecule has 1 aromatic heterocycles. The molecule has 0 saturated heterocycles. The highest BCUT2D eigenvalue weighted by atomic mass is 16.4. The van der Waals surface area contributed by atoms with Gasteiger partial charge in [0.15, 0.2) is 0 Å². The maximum atomic E-state index is 13.2. The summed E-state index contributed by atoms with van der Waals surface area (Å²) in [6.45, 7) is 0. The summed E-state index contributed by atoms with van der Waals surface area (Å²) in [5, 5.41) is 13.2. The van der Waals surface area contributed by atoms with E-state index in [2.05, 4.69) is 21.3 Å². The molecular formula is C28H29N3O3. The normalized spacial score (nSPS) is 11.8. The van der Waals surface area contributed by atoms with E-state index in [0.29, 0.717) is 6.42 Å². The quantitative estimate of drug-likeness (QED) is 0.342. The number of hydrogen-bond donors (Lipinski definition) is 3. The number of anilines is 1. The number of rotatable bonds is 9. The lowest BCUT2D eigenvalue weighted by Gasteiger charge is -2.25. The van der Waals surface area contributed by atoms with Crippen LogP contribution in [0.15, 0.2) is 79.0 Å². The molecule has 6 heteroatoms. The third-order valence-electron chi connectivity index (χ3n) is 5.97. The van der Waals surface area contributed by atoms with Crippen molar-refractivity contribution in [3.05, 3.63) is 101 Å². The molecule has 1 amide bonds. The molecule has 0 aliphatic carbocycles. The fourth-order valence-electron chi connectivity index (χ4n) is 4.31. The zero-order valence-corrected chi connectivity index (χ0v) is 19.4. The van der Waals surface area contributed by atoms with Crippen molar-refractivity contribution in [1.29, 1.82) is 0 Å². The minimum Gasteiger partial charge on any atom is -0.481 e. The van der Waals surface area contributed by atoms with Crippen molar-refractivity contribution in [3.8, 4) is 0 Å². The van der Waals surface area contributed by atoms with Crippen LogP contribution in [0.2, 0.25) is 0 Å². The Hall–Kier alpha value is -4.06. The van der Waals surface area contributed by atoms with E-state index in [1.54, 1.807) is 0 Å². The van der Waals surface area contributed by atoms with E-state index in [1.165, 1.54) is 0 Å². The lowest BCUT2D eigenvalue weighted by atomic mass is 9.96. The topological polar surface area (TPSA) is 85.4 Å². The van der Waals surface area contributed by atoms with Gasteiger partial charge in [0.25, 0.3) is 0 Å². The Morgan fingerprint density at radius 1 is 1.00 bits per heavy atom. The number of H-pyrrole nitrogens is 1. The van der Waals surface area contributed by atoms with Crippen LogP contribution < -0.4 is 10.2 Å². The first-order valence-corrected chi connectivity index (χ1v) is 11.3. The predicted octanol–water partition coefficient (Wildman–Crippen LogP) is 4.70. The molecule has 0 spiro atoms. The Bertz CT molecular complexity index is 1290. The number of aryl methyl sites for hydroxylation is 1. The largest absolute Gasteiger partial charge is 0.481 e. The Kier molecular flexibility index (Phi) is 6.97. The van der Waals surface area contributed by atoms with Gasteiger partial charge < -0.3 is 20.3 Å². The van der Waals surface area contributed by atoms with Gasteiger partial charge in [-0.25, -0.2) is 0 Å².